The second kappa shape index (κ2) is 6.46. The molecule has 120 valence electrons. The summed E-state index contributed by atoms with van der Waals surface area (Å²) in [6, 6.07) is 0. The molecule has 22 heavy (non-hydrogen) atoms. The van der Waals surface area contributed by atoms with Crippen LogP contribution >= 0.6 is 0 Å². The van der Waals surface area contributed by atoms with Crippen molar-refractivity contribution >= 4 is 18.0 Å². The van der Waals surface area contributed by atoms with Gasteiger partial charge in [-0.3, -0.25) is 9.48 Å². The molecule has 9 nitrogen and oxygen atoms in total. The van der Waals surface area contributed by atoms with Gasteiger partial charge in [-0.2, -0.15) is 5.10 Å². The van der Waals surface area contributed by atoms with Gasteiger partial charge in [0.15, 0.2) is 5.69 Å². The second-order valence-electron chi connectivity index (χ2n) is 4.81. The van der Waals surface area contributed by atoms with Gasteiger partial charge in [-0.05, 0) is 6.92 Å². The lowest BCUT2D eigenvalue weighted by Crippen LogP contribution is -2.50. The Labute approximate surface area is 127 Å². The van der Waals surface area contributed by atoms with Gasteiger partial charge in [0.25, 0.3) is 5.91 Å². The van der Waals surface area contributed by atoms with Crippen molar-refractivity contribution in [2.45, 2.75) is 6.92 Å². The minimum absolute atomic E-state index is 0.0552. The fraction of sp³-hybridized carbons (Fsp3) is 0.538. The minimum Gasteiger partial charge on any atom is -0.477 e. The highest BCUT2D eigenvalue weighted by Gasteiger charge is 2.29. The number of nitrogens with zero attached hydrogens (tertiary/aromatic N) is 4. The van der Waals surface area contributed by atoms with Crippen LogP contribution in [0.15, 0.2) is 6.20 Å². The molecule has 0 aromatic carbocycles. The summed E-state index contributed by atoms with van der Waals surface area (Å²) in [6.45, 7) is 3.39. The summed E-state index contributed by atoms with van der Waals surface area (Å²) in [5, 5.41) is 13.0. The highest BCUT2D eigenvalue weighted by Crippen LogP contribution is 2.13. The number of carbonyl (C=O) groups excluding carboxylic acids is 2. The fourth-order valence-corrected chi connectivity index (χ4v) is 2.32. The van der Waals surface area contributed by atoms with E-state index in [9.17, 15) is 14.4 Å². The van der Waals surface area contributed by atoms with Gasteiger partial charge in [0.1, 0.15) is 0 Å². The smallest absolute Gasteiger partial charge is 0.409 e. The Morgan fingerprint density at radius 2 is 1.82 bits per heavy atom. The molecule has 2 amide bonds. The zero-order valence-corrected chi connectivity index (χ0v) is 12.5. The monoisotopic (exact) mass is 310 g/mol. The van der Waals surface area contributed by atoms with Gasteiger partial charge in [0.2, 0.25) is 0 Å². The Morgan fingerprint density at radius 1 is 1.23 bits per heavy atom. The van der Waals surface area contributed by atoms with Crippen LogP contribution in [0.3, 0.4) is 0 Å². The van der Waals surface area contributed by atoms with E-state index < -0.39 is 18.0 Å². The molecule has 0 radical (unpaired) electrons. The van der Waals surface area contributed by atoms with E-state index >= 15 is 0 Å². The Balaban J connectivity index is 2.04. The summed E-state index contributed by atoms with van der Waals surface area (Å²) < 4.78 is 6.07. The quantitative estimate of drug-likeness (QED) is 0.844. The summed E-state index contributed by atoms with van der Waals surface area (Å²) >= 11 is 0. The van der Waals surface area contributed by atoms with Crippen LogP contribution in [0.4, 0.5) is 4.79 Å². The Morgan fingerprint density at radius 3 is 2.36 bits per heavy atom. The average Bonchev–Trinajstić information content (AvgIpc) is 2.89. The molecule has 0 aliphatic carbocycles. The first kappa shape index (κ1) is 15.8. The van der Waals surface area contributed by atoms with Crippen LogP contribution in [0.2, 0.25) is 0 Å². The summed E-state index contributed by atoms with van der Waals surface area (Å²) in [6.07, 6.45) is 0.853. The molecule has 2 rings (SSSR count). The Kier molecular flexibility index (Phi) is 4.64. The van der Waals surface area contributed by atoms with Crippen LogP contribution in [-0.4, -0.2) is 75.4 Å². The zero-order valence-electron chi connectivity index (χ0n) is 12.5. The molecule has 0 atom stereocenters. The molecule has 0 saturated carbocycles. The highest BCUT2D eigenvalue weighted by atomic mass is 16.6. The second-order valence-corrected chi connectivity index (χ2v) is 4.81. The number of aromatic carboxylic acids is 1. The predicted molar refractivity (Wildman–Crippen MR) is 74.7 cm³/mol. The molecule has 0 spiro atoms. The molecule has 9 heteroatoms. The molecule has 1 aliphatic heterocycles. The van der Waals surface area contributed by atoms with E-state index in [-0.39, 0.29) is 11.3 Å². The molecule has 2 heterocycles. The van der Waals surface area contributed by atoms with Crippen molar-refractivity contribution in [1.82, 2.24) is 19.6 Å². The van der Waals surface area contributed by atoms with Gasteiger partial charge in [-0.1, -0.05) is 0 Å². The van der Waals surface area contributed by atoms with E-state index in [1.807, 2.05) is 0 Å². The molecule has 1 saturated heterocycles. The average molecular weight is 310 g/mol. The third-order valence-corrected chi connectivity index (χ3v) is 3.46. The number of ether oxygens (including phenoxy) is 1. The molecule has 1 fully saturated rings. The fourth-order valence-electron chi connectivity index (χ4n) is 2.32. The lowest BCUT2D eigenvalue weighted by atomic mass is 10.2. The van der Waals surface area contributed by atoms with E-state index in [1.165, 1.54) is 23.0 Å². The summed E-state index contributed by atoms with van der Waals surface area (Å²) in [4.78, 5) is 38.3. The number of aryl methyl sites for hydroxylation is 1. The number of carboxylic acids is 1. The molecule has 1 aliphatic rings. The Hall–Kier alpha value is -2.58. The number of hydrogen-bond acceptors (Lipinski definition) is 5. The lowest BCUT2D eigenvalue weighted by molar-refractivity contribution is 0.0561. The van der Waals surface area contributed by atoms with Crippen molar-refractivity contribution in [3.63, 3.8) is 0 Å². The first-order valence-electron chi connectivity index (χ1n) is 6.92. The molecular weight excluding hydrogens is 292 g/mol. The van der Waals surface area contributed by atoms with Gasteiger partial charge in [0.05, 0.1) is 18.4 Å². The SMILES string of the molecule is CCOC(=O)N1CCN(C(=O)c2cnn(C)c2C(=O)O)CC1. The predicted octanol–water partition coefficient (Wildman–Crippen LogP) is 0.0326. The maximum Gasteiger partial charge on any atom is 0.409 e. The lowest BCUT2D eigenvalue weighted by Gasteiger charge is -2.33. The summed E-state index contributed by atoms with van der Waals surface area (Å²) in [5.41, 5.74) is -0.0857. The van der Waals surface area contributed by atoms with Crippen LogP contribution in [0.1, 0.15) is 27.8 Å². The van der Waals surface area contributed by atoms with E-state index in [4.69, 9.17) is 9.84 Å². The van der Waals surface area contributed by atoms with Gasteiger partial charge in [-0.25, -0.2) is 9.59 Å². The van der Waals surface area contributed by atoms with Crippen LogP contribution < -0.4 is 0 Å². The normalized spacial score (nSPS) is 14.8. The number of rotatable bonds is 3. The number of carboxylic acid groups (broad SMARTS) is 1. The van der Waals surface area contributed by atoms with Crippen molar-refractivity contribution in [2.24, 2.45) is 7.05 Å². The maximum absolute atomic E-state index is 12.4. The van der Waals surface area contributed by atoms with Crippen LogP contribution in [-0.2, 0) is 11.8 Å². The first-order chi connectivity index (χ1) is 10.5. The minimum atomic E-state index is -1.20. The summed E-state index contributed by atoms with van der Waals surface area (Å²) in [5.74, 6) is -1.59. The van der Waals surface area contributed by atoms with Crippen molar-refractivity contribution in [3.05, 3.63) is 17.5 Å². The third-order valence-electron chi connectivity index (χ3n) is 3.46. The largest absolute Gasteiger partial charge is 0.477 e. The number of aromatic nitrogens is 2. The van der Waals surface area contributed by atoms with Gasteiger partial charge in [0, 0.05) is 33.2 Å². The zero-order chi connectivity index (χ0) is 16.3. The van der Waals surface area contributed by atoms with E-state index in [0.717, 1.165) is 4.68 Å². The summed E-state index contributed by atoms with van der Waals surface area (Å²) in [7, 11) is 1.47. The topological polar surface area (TPSA) is 105 Å². The van der Waals surface area contributed by atoms with Crippen LogP contribution in [0, 0.1) is 0 Å². The van der Waals surface area contributed by atoms with Crippen LogP contribution in [0.25, 0.3) is 0 Å². The standard InChI is InChI=1S/C13H18N4O5/c1-3-22-13(21)17-6-4-16(5-7-17)11(18)9-8-14-15(2)10(9)12(19)20/h8H,3-7H2,1-2H3,(H,19,20). The first-order valence-corrected chi connectivity index (χ1v) is 6.92. The van der Waals surface area contributed by atoms with E-state index in [1.54, 1.807) is 6.92 Å². The number of piperazine rings is 1. The van der Waals surface area contributed by atoms with E-state index in [0.29, 0.717) is 32.8 Å². The van der Waals surface area contributed by atoms with Gasteiger partial charge < -0.3 is 19.6 Å². The van der Waals surface area contributed by atoms with Crippen molar-refractivity contribution < 1.29 is 24.2 Å². The molecule has 0 bridgehead atoms. The molecular formula is C13H18N4O5. The number of carbonyl (C=O) groups is 3. The van der Waals surface area contributed by atoms with Crippen molar-refractivity contribution in [2.75, 3.05) is 32.8 Å². The molecule has 1 aromatic heterocycles. The maximum atomic E-state index is 12.4. The number of amides is 2. The molecule has 1 aromatic rings. The van der Waals surface area contributed by atoms with Gasteiger partial charge >= 0.3 is 12.1 Å². The molecule has 1 N–H and O–H groups in total. The third kappa shape index (κ3) is 3.02. The van der Waals surface area contributed by atoms with Crippen molar-refractivity contribution in [3.8, 4) is 0 Å². The van der Waals surface area contributed by atoms with Crippen molar-refractivity contribution in [1.29, 1.82) is 0 Å². The van der Waals surface area contributed by atoms with E-state index in [2.05, 4.69) is 5.10 Å². The highest BCUT2D eigenvalue weighted by molar-refractivity contribution is 6.03. The van der Waals surface area contributed by atoms with Gasteiger partial charge in [-0.15, -0.1) is 0 Å². The van der Waals surface area contributed by atoms with Crippen LogP contribution in [0.5, 0.6) is 0 Å². The number of hydrogen-bond donors (Lipinski definition) is 1. The molecule has 0 unspecified atom stereocenters. The Bertz CT molecular complexity index is 589.